The van der Waals surface area contributed by atoms with E-state index in [-0.39, 0.29) is 22.6 Å². The minimum Gasteiger partial charge on any atom is -0.342 e. The molecule has 33 heavy (non-hydrogen) atoms. The van der Waals surface area contributed by atoms with Crippen LogP contribution in [0, 0.1) is 11.8 Å². The second-order valence-corrected chi connectivity index (χ2v) is 12.2. The number of benzene rings is 1. The summed E-state index contributed by atoms with van der Waals surface area (Å²) in [4.78, 5) is 29.2. The Hall–Kier alpha value is -1.93. The van der Waals surface area contributed by atoms with Crippen LogP contribution >= 0.6 is 0 Å². The Morgan fingerprint density at radius 3 is 2.33 bits per heavy atom. The number of carbonyl (C=O) groups excluding carboxylic acids is 2. The molecule has 7 nitrogen and oxygen atoms in total. The van der Waals surface area contributed by atoms with Crippen LogP contribution in [0.2, 0.25) is 0 Å². The van der Waals surface area contributed by atoms with Crippen LogP contribution in [0.25, 0.3) is 0 Å². The lowest BCUT2D eigenvalue weighted by atomic mass is 9.81. The van der Waals surface area contributed by atoms with E-state index >= 15 is 0 Å². The third-order valence-electron chi connectivity index (χ3n) is 7.83. The largest absolute Gasteiger partial charge is 0.342 e. The molecule has 0 atom stereocenters. The number of fused-ring (bicyclic) bond motifs is 1. The van der Waals surface area contributed by atoms with E-state index in [9.17, 15) is 18.0 Å². The van der Waals surface area contributed by atoms with E-state index in [1.165, 1.54) is 12.8 Å². The van der Waals surface area contributed by atoms with Gasteiger partial charge in [-0.3, -0.25) is 9.59 Å². The van der Waals surface area contributed by atoms with Crippen molar-refractivity contribution >= 4 is 27.5 Å². The molecule has 0 unspecified atom stereocenters. The van der Waals surface area contributed by atoms with Crippen LogP contribution in [-0.2, 0) is 25.0 Å². The van der Waals surface area contributed by atoms with Crippen molar-refractivity contribution in [3.8, 4) is 0 Å². The van der Waals surface area contributed by atoms with Gasteiger partial charge in [-0.25, -0.2) is 13.1 Å². The Morgan fingerprint density at radius 2 is 1.70 bits per heavy atom. The highest BCUT2D eigenvalue weighted by molar-refractivity contribution is 7.89. The Labute approximate surface area is 198 Å². The number of amides is 2. The van der Waals surface area contributed by atoms with Gasteiger partial charge < -0.3 is 9.80 Å². The standard InChI is InChI=1S/C25H37N3O4S/c1-25(2)21-16-20(12-13-22(21)27(3)24(25)30)33(31,32)26-17-18-8-10-19(11-9-18)23(29)28-14-6-4-5-7-15-28/h12-13,16,18-19,26H,4-11,14-15,17H2,1-3H3. The number of rotatable bonds is 5. The van der Waals surface area contributed by atoms with Gasteiger partial charge >= 0.3 is 0 Å². The molecule has 1 saturated heterocycles. The van der Waals surface area contributed by atoms with E-state index in [1.807, 2.05) is 13.8 Å². The Bertz CT molecular complexity index is 1000. The minimum absolute atomic E-state index is 0.0357. The number of hydrogen-bond donors (Lipinski definition) is 1. The van der Waals surface area contributed by atoms with Crippen molar-refractivity contribution < 1.29 is 18.0 Å². The molecule has 4 rings (SSSR count). The molecule has 1 N–H and O–H groups in total. The van der Waals surface area contributed by atoms with E-state index < -0.39 is 15.4 Å². The first-order chi connectivity index (χ1) is 15.6. The van der Waals surface area contributed by atoms with E-state index in [2.05, 4.69) is 9.62 Å². The smallest absolute Gasteiger partial charge is 0.240 e. The third kappa shape index (κ3) is 4.83. The summed E-state index contributed by atoms with van der Waals surface area (Å²) in [5.74, 6) is 0.596. The topological polar surface area (TPSA) is 86.8 Å². The molecule has 1 aromatic carbocycles. The van der Waals surface area contributed by atoms with Crippen LogP contribution in [0.5, 0.6) is 0 Å². The Morgan fingerprint density at radius 1 is 1.06 bits per heavy atom. The molecule has 2 aliphatic heterocycles. The van der Waals surface area contributed by atoms with Gasteiger partial charge in [0.1, 0.15) is 0 Å². The summed E-state index contributed by atoms with van der Waals surface area (Å²) in [6, 6.07) is 4.93. The van der Waals surface area contributed by atoms with E-state index in [1.54, 1.807) is 30.1 Å². The van der Waals surface area contributed by atoms with Gasteiger partial charge in [-0.05, 0) is 82.1 Å². The lowest BCUT2D eigenvalue weighted by Gasteiger charge is -2.31. The molecule has 3 aliphatic rings. The van der Waals surface area contributed by atoms with Crippen molar-refractivity contribution in [3.63, 3.8) is 0 Å². The van der Waals surface area contributed by atoms with Crippen LogP contribution in [0.4, 0.5) is 5.69 Å². The van der Waals surface area contributed by atoms with Gasteiger partial charge in [-0.1, -0.05) is 12.8 Å². The van der Waals surface area contributed by atoms with Crippen molar-refractivity contribution in [2.45, 2.75) is 75.5 Å². The first-order valence-corrected chi connectivity index (χ1v) is 13.8. The van der Waals surface area contributed by atoms with Gasteiger partial charge in [-0.2, -0.15) is 0 Å². The molecule has 0 bridgehead atoms. The van der Waals surface area contributed by atoms with Crippen LogP contribution in [0.3, 0.4) is 0 Å². The van der Waals surface area contributed by atoms with Gasteiger partial charge in [-0.15, -0.1) is 0 Å². The fourth-order valence-corrected chi connectivity index (χ4v) is 6.73. The fourth-order valence-electron chi connectivity index (χ4n) is 5.59. The highest BCUT2D eigenvalue weighted by atomic mass is 32.2. The van der Waals surface area contributed by atoms with Crippen LogP contribution < -0.4 is 9.62 Å². The average molecular weight is 476 g/mol. The van der Waals surface area contributed by atoms with Gasteiger partial charge in [0.15, 0.2) is 0 Å². The second-order valence-electron chi connectivity index (χ2n) is 10.5. The Kier molecular flexibility index (Phi) is 6.87. The fraction of sp³-hybridized carbons (Fsp3) is 0.680. The zero-order valence-corrected chi connectivity index (χ0v) is 20.9. The number of sulfonamides is 1. The maximum absolute atomic E-state index is 13.0. The monoisotopic (exact) mass is 475 g/mol. The number of hydrogen-bond acceptors (Lipinski definition) is 4. The van der Waals surface area contributed by atoms with Crippen molar-refractivity contribution in [1.29, 1.82) is 0 Å². The molecular formula is C25H37N3O4S. The maximum atomic E-state index is 13.0. The molecule has 1 saturated carbocycles. The summed E-state index contributed by atoms with van der Waals surface area (Å²) in [6.45, 7) is 5.81. The molecule has 1 aromatic rings. The molecule has 2 fully saturated rings. The minimum atomic E-state index is -3.67. The molecule has 1 aliphatic carbocycles. The summed E-state index contributed by atoms with van der Waals surface area (Å²) < 4.78 is 28.8. The van der Waals surface area contributed by atoms with Gasteiger partial charge in [0, 0.05) is 38.3 Å². The number of likely N-dealkylation sites (tertiary alicyclic amines) is 1. The number of anilines is 1. The molecule has 0 spiro atoms. The molecule has 2 amide bonds. The highest BCUT2D eigenvalue weighted by Crippen LogP contribution is 2.41. The van der Waals surface area contributed by atoms with Crippen molar-refractivity contribution in [2.24, 2.45) is 11.8 Å². The Balaban J connectivity index is 1.33. The number of carbonyl (C=O) groups is 2. The lowest BCUT2D eigenvalue weighted by molar-refractivity contribution is -0.136. The summed E-state index contributed by atoms with van der Waals surface area (Å²) >= 11 is 0. The van der Waals surface area contributed by atoms with Gasteiger partial charge in [0.2, 0.25) is 21.8 Å². The van der Waals surface area contributed by atoms with Crippen molar-refractivity contribution in [3.05, 3.63) is 23.8 Å². The van der Waals surface area contributed by atoms with Crippen LogP contribution in [-0.4, -0.2) is 51.8 Å². The summed E-state index contributed by atoms with van der Waals surface area (Å²) in [7, 11) is -1.95. The highest BCUT2D eigenvalue weighted by Gasteiger charge is 2.42. The third-order valence-corrected chi connectivity index (χ3v) is 9.25. The zero-order valence-electron chi connectivity index (χ0n) is 20.1. The molecule has 0 radical (unpaired) electrons. The summed E-state index contributed by atoms with van der Waals surface area (Å²) in [5.41, 5.74) is 0.759. The van der Waals surface area contributed by atoms with Crippen molar-refractivity contribution in [2.75, 3.05) is 31.6 Å². The molecule has 2 heterocycles. The molecule has 0 aromatic heterocycles. The first-order valence-electron chi connectivity index (χ1n) is 12.3. The van der Waals surface area contributed by atoms with Crippen LogP contribution in [0.1, 0.15) is 70.8 Å². The second kappa shape index (κ2) is 9.37. The molecular weight excluding hydrogens is 438 g/mol. The van der Waals surface area contributed by atoms with Gasteiger partial charge in [0.05, 0.1) is 10.3 Å². The molecule has 182 valence electrons. The quantitative estimate of drug-likeness (QED) is 0.707. The molecule has 8 heteroatoms. The zero-order chi connectivity index (χ0) is 23.8. The van der Waals surface area contributed by atoms with Crippen molar-refractivity contribution in [1.82, 2.24) is 9.62 Å². The van der Waals surface area contributed by atoms with Crippen LogP contribution in [0.15, 0.2) is 23.1 Å². The van der Waals surface area contributed by atoms with E-state index in [4.69, 9.17) is 0 Å². The first kappa shape index (κ1) is 24.2. The van der Waals surface area contributed by atoms with E-state index in [0.717, 1.165) is 62.9 Å². The maximum Gasteiger partial charge on any atom is 0.240 e. The van der Waals surface area contributed by atoms with E-state index in [0.29, 0.717) is 12.5 Å². The lowest BCUT2D eigenvalue weighted by Crippen LogP contribution is -2.39. The summed E-state index contributed by atoms with van der Waals surface area (Å²) in [6.07, 6.45) is 8.04. The summed E-state index contributed by atoms with van der Waals surface area (Å²) in [5, 5.41) is 0. The predicted molar refractivity (Wildman–Crippen MR) is 129 cm³/mol. The number of nitrogens with zero attached hydrogens (tertiary/aromatic N) is 2. The number of likely N-dealkylation sites (N-methyl/N-ethyl adjacent to an activating group) is 1. The number of nitrogens with one attached hydrogen (secondary N) is 1. The SMILES string of the molecule is CN1C(=O)C(C)(C)c2cc(S(=O)(=O)NCC3CCC(C(=O)N4CCCCCC4)CC3)ccc21. The average Bonchev–Trinajstić information content (AvgIpc) is 3.02. The van der Waals surface area contributed by atoms with Gasteiger partial charge in [0.25, 0.3) is 0 Å². The normalized spacial score (nSPS) is 25.6. The predicted octanol–water partition coefficient (Wildman–Crippen LogP) is 3.43.